The van der Waals surface area contributed by atoms with Crippen molar-refractivity contribution in [1.29, 1.82) is 0 Å². The van der Waals surface area contributed by atoms with Crippen LogP contribution in [0.4, 0.5) is 18.0 Å². The number of hydrogen-bond donors (Lipinski definition) is 1. The van der Waals surface area contributed by atoms with Gasteiger partial charge in [0, 0.05) is 24.0 Å². The van der Waals surface area contributed by atoms with Crippen molar-refractivity contribution < 1.29 is 37.1 Å². The van der Waals surface area contributed by atoms with Crippen LogP contribution in [-0.4, -0.2) is 59.3 Å². The van der Waals surface area contributed by atoms with E-state index in [1.807, 2.05) is 54.6 Å². The molecule has 2 aliphatic heterocycles. The lowest BCUT2D eigenvalue weighted by Gasteiger charge is -2.31. The minimum atomic E-state index is -4.66. The van der Waals surface area contributed by atoms with E-state index in [1.54, 1.807) is 48.5 Å². The fourth-order valence-electron chi connectivity index (χ4n) is 6.53. The Morgan fingerprint density at radius 3 is 2.16 bits per heavy atom. The summed E-state index contributed by atoms with van der Waals surface area (Å²) in [5.41, 5.74) is 3.54. The summed E-state index contributed by atoms with van der Waals surface area (Å²) in [6.45, 7) is -0.117. The standard InChI is InChI=1S/C39H34F3N3O5/c40-39(41,42)21-20-31(36(47)44-35-32(46)23-28-18-10-11-19-30(28)34(43-35)27-16-8-3-9-17-27)33(26-14-6-2-7-15-26)37(48)45-29(24-50-38(45)49)22-25-12-4-1-5-13-25/h1-19,29,31,33,35H,20-24H2,(H,44,47)/t29-,31-,33+,35-/m1/s1. The van der Waals surface area contributed by atoms with Gasteiger partial charge in [-0.25, -0.2) is 9.69 Å². The van der Waals surface area contributed by atoms with Crippen LogP contribution in [0.25, 0.3) is 0 Å². The Morgan fingerprint density at radius 1 is 0.860 bits per heavy atom. The van der Waals surface area contributed by atoms with Gasteiger partial charge < -0.3 is 10.1 Å². The number of amides is 3. The Balaban J connectivity index is 1.38. The third-order valence-electron chi connectivity index (χ3n) is 8.94. The zero-order chi connectivity index (χ0) is 35.3. The summed E-state index contributed by atoms with van der Waals surface area (Å²) in [7, 11) is 0. The second kappa shape index (κ2) is 14.9. The first-order chi connectivity index (χ1) is 24.1. The molecular weight excluding hydrogens is 647 g/mol. The number of carbonyl (C=O) groups is 4. The molecule has 4 aromatic rings. The largest absolute Gasteiger partial charge is 0.447 e. The summed E-state index contributed by atoms with van der Waals surface area (Å²) >= 11 is 0. The van der Waals surface area contributed by atoms with Crippen molar-refractivity contribution >= 4 is 29.4 Å². The molecule has 4 atom stereocenters. The zero-order valence-corrected chi connectivity index (χ0v) is 26.9. The molecule has 4 aromatic carbocycles. The van der Waals surface area contributed by atoms with Gasteiger partial charge in [0.15, 0.2) is 11.9 Å². The summed E-state index contributed by atoms with van der Waals surface area (Å²) in [5, 5.41) is 2.61. The van der Waals surface area contributed by atoms with E-state index in [-0.39, 0.29) is 25.0 Å². The molecule has 2 heterocycles. The highest BCUT2D eigenvalue weighted by Crippen LogP contribution is 2.36. The molecule has 0 spiro atoms. The van der Waals surface area contributed by atoms with Crippen molar-refractivity contribution in [3.8, 4) is 0 Å². The zero-order valence-electron chi connectivity index (χ0n) is 26.9. The first kappa shape index (κ1) is 34.3. The van der Waals surface area contributed by atoms with Gasteiger partial charge in [0.2, 0.25) is 11.8 Å². The third-order valence-corrected chi connectivity index (χ3v) is 8.94. The number of alkyl halides is 3. The molecule has 0 unspecified atom stereocenters. The molecule has 3 amide bonds. The molecule has 1 saturated heterocycles. The average Bonchev–Trinajstić information content (AvgIpc) is 3.41. The number of halogens is 3. The van der Waals surface area contributed by atoms with Gasteiger partial charge in [0.05, 0.1) is 23.6 Å². The van der Waals surface area contributed by atoms with Gasteiger partial charge in [-0.1, -0.05) is 115 Å². The second-order valence-electron chi connectivity index (χ2n) is 12.3. The molecule has 11 heteroatoms. The Morgan fingerprint density at radius 2 is 1.48 bits per heavy atom. The van der Waals surface area contributed by atoms with Gasteiger partial charge in [0.25, 0.3) is 0 Å². The quantitative estimate of drug-likeness (QED) is 0.208. The van der Waals surface area contributed by atoms with Crippen LogP contribution < -0.4 is 5.32 Å². The lowest BCUT2D eigenvalue weighted by Crippen LogP contribution is -2.49. The van der Waals surface area contributed by atoms with Gasteiger partial charge in [-0.2, -0.15) is 13.2 Å². The number of cyclic esters (lactones) is 1. The normalized spacial score (nSPS) is 18.7. The molecule has 1 N–H and O–H groups in total. The summed E-state index contributed by atoms with van der Waals surface area (Å²) in [6, 6.07) is 32.5. The van der Waals surface area contributed by atoms with E-state index in [1.165, 1.54) is 12.1 Å². The number of hydrogen-bond acceptors (Lipinski definition) is 6. The number of ketones is 1. The van der Waals surface area contributed by atoms with E-state index in [0.717, 1.165) is 10.5 Å². The lowest BCUT2D eigenvalue weighted by atomic mass is 9.80. The fraction of sp³-hybridized carbons (Fsp3) is 0.256. The Hall–Kier alpha value is -5.58. The van der Waals surface area contributed by atoms with E-state index >= 15 is 0 Å². The number of nitrogens with one attached hydrogen (secondary N) is 1. The number of carbonyl (C=O) groups excluding carboxylic acids is 4. The van der Waals surface area contributed by atoms with Crippen LogP contribution in [0.3, 0.4) is 0 Å². The number of Topliss-reactive ketones (excluding diaryl/α,β-unsaturated/α-hetero) is 1. The van der Waals surface area contributed by atoms with E-state index in [9.17, 15) is 32.3 Å². The van der Waals surface area contributed by atoms with Crippen LogP contribution in [0.1, 0.15) is 46.6 Å². The van der Waals surface area contributed by atoms with Crippen LogP contribution in [-0.2, 0) is 32.0 Å². The Labute approximate surface area is 287 Å². The summed E-state index contributed by atoms with van der Waals surface area (Å²) in [6.07, 6.45) is -9.08. The van der Waals surface area contributed by atoms with Crippen molar-refractivity contribution in [2.45, 2.75) is 50.0 Å². The molecule has 2 aliphatic rings. The van der Waals surface area contributed by atoms with Crippen molar-refractivity contribution in [3.05, 3.63) is 143 Å². The molecule has 50 heavy (non-hydrogen) atoms. The summed E-state index contributed by atoms with van der Waals surface area (Å²) in [5.74, 6) is -5.46. The maximum absolute atomic E-state index is 14.5. The topological polar surface area (TPSA) is 105 Å². The van der Waals surface area contributed by atoms with Gasteiger partial charge >= 0.3 is 12.3 Å². The van der Waals surface area contributed by atoms with Crippen molar-refractivity contribution in [3.63, 3.8) is 0 Å². The number of imide groups is 1. The van der Waals surface area contributed by atoms with Gasteiger partial charge in [0.1, 0.15) is 6.61 Å². The number of nitrogens with zero attached hydrogens (tertiary/aromatic N) is 2. The molecule has 6 rings (SSSR count). The monoisotopic (exact) mass is 681 g/mol. The van der Waals surface area contributed by atoms with Crippen molar-refractivity contribution in [1.82, 2.24) is 10.2 Å². The lowest BCUT2D eigenvalue weighted by molar-refractivity contribution is -0.147. The summed E-state index contributed by atoms with van der Waals surface area (Å²) < 4.78 is 46.7. The number of ether oxygens (including phenoxy) is 1. The van der Waals surface area contributed by atoms with Gasteiger partial charge in [-0.05, 0) is 29.5 Å². The number of benzene rings is 4. The van der Waals surface area contributed by atoms with E-state index in [4.69, 9.17) is 4.74 Å². The van der Waals surface area contributed by atoms with E-state index in [0.29, 0.717) is 22.4 Å². The minimum Gasteiger partial charge on any atom is -0.447 e. The molecule has 0 radical (unpaired) electrons. The Kier molecular flexibility index (Phi) is 10.2. The molecule has 0 aromatic heterocycles. The molecule has 0 bridgehead atoms. The smallest absolute Gasteiger partial charge is 0.417 e. The maximum Gasteiger partial charge on any atom is 0.417 e. The van der Waals surface area contributed by atoms with Crippen molar-refractivity contribution in [2.75, 3.05) is 6.61 Å². The van der Waals surface area contributed by atoms with Crippen LogP contribution in [0, 0.1) is 5.92 Å². The Bertz CT molecular complexity index is 1880. The fourth-order valence-corrected chi connectivity index (χ4v) is 6.53. The minimum absolute atomic E-state index is 0.0873. The number of rotatable bonds is 10. The average molecular weight is 682 g/mol. The molecule has 0 aliphatic carbocycles. The molecule has 256 valence electrons. The highest BCUT2D eigenvalue weighted by atomic mass is 19.4. The highest BCUT2D eigenvalue weighted by Gasteiger charge is 2.46. The molecular formula is C39H34F3N3O5. The number of aliphatic imine (C=N–C) groups is 1. The number of fused-ring (bicyclic) bond motifs is 1. The predicted molar refractivity (Wildman–Crippen MR) is 179 cm³/mol. The SMILES string of the molecule is O=C1Cc2ccccc2C(c2ccccc2)=N[C@@H]1NC(=O)[C@H](CCC(F)(F)F)[C@@H](C(=O)N1C(=O)OC[C@H]1Cc1ccccc1)c1ccccc1. The van der Waals surface area contributed by atoms with Crippen LogP contribution in [0.15, 0.2) is 120 Å². The first-order valence-electron chi connectivity index (χ1n) is 16.3. The molecule has 0 saturated carbocycles. The van der Waals surface area contributed by atoms with Gasteiger partial charge in [-0.15, -0.1) is 0 Å². The van der Waals surface area contributed by atoms with Crippen molar-refractivity contribution in [2.24, 2.45) is 10.9 Å². The predicted octanol–water partition coefficient (Wildman–Crippen LogP) is 6.42. The van der Waals surface area contributed by atoms with Crippen LogP contribution in [0.2, 0.25) is 0 Å². The molecule has 8 nitrogen and oxygen atoms in total. The van der Waals surface area contributed by atoms with Gasteiger partial charge in [-0.3, -0.25) is 19.4 Å². The third kappa shape index (κ3) is 7.83. The van der Waals surface area contributed by atoms with Crippen LogP contribution >= 0.6 is 0 Å². The second-order valence-corrected chi connectivity index (χ2v) is 12.3. The summed E-state index contributed by atoms with van der Waals surface area (Å²) in [4.78, 5) is 61.1. The highest BCUT2D eigenvalue weighted by molar-refractivity contribution is 6.16. The van der Waals surface area contributed by atoms with Crippen LogP contribution in [0.5, 0.6) is 0 Å². The van der Waals surface area contributed by atoms with E-state index < -0.39 is 66.8 Å². The first-order valence-corrected chi connectivity index (χ1v) is 16.3. The van der Waals surface area contributed by atoms with E-state index in [2.05, 4.69) is 10.3 Å². The maximum atomic E-state index is 14.5. The molecule has 1 fully saturated rings.